The van der Waals surface area contributed by atoms with Crippen LogP contribution >= 0.6 is 11.3 Å². The zero-order valence-corrected chi connectivity index (χ0v) is 13.2. The Morgan fingerprint density at radius 2 is 2.33 bits per heavy atom. The first-order valence-corrected chi connectivity index (χ1v) is 8.07. The molecule has 0 aliphatic carbocycles. The predicted octanol–water partition coefficient (Wildman–Crippen LogP) is 2.38. The number of aryl methyl sites for hydroxylation is 1. The summed E-state index contributed by atoms with van der Waals surface area (Å²) < 4.78 is 0. The van der Waals surface area contributed by atoms with E-state index in [1.54, 1.807) is 0 Å². The molecule has 21 heavy (non-hydrogen) atoms. The second kappa shape index (κ2) is 6.43. The van der Waals surface area contributed by atoms with Gasteiger partial charge in [0, 0.05) is 11.9 Å². The molecule has 7 heteroatoms. The van der Waals surface area contributed by atoms with Gasteiger partial charge >= 0.3 is 12.0 Å². The van der Waals surface area contributed by atoms with E-state index in [0.29, 0.717) is 25.9 Å². The maximum atomic E-state index is 12.3. The van der Waals surface area contributed by atoms with Crippen molar-refractivity contribution in [3.8, 4) is 0 Å². The number of aromatic nitrogens is 1. The molecule has 2 heterocycles. The summed E-state index contributed by atoms with van der Waals surface area (Å²) in [6, 6.07) is -0.311. The SMILES string of the molecule is CCCC1(C(=O)O)CCCN1C(=O)NCc1csc(C)n1. The maximum Gasteiger partial charge on any atom is 0.329 e. The standard InChI is InChI=1S/C14H21N3O3S/c1-3-5-14(12(18)19)6-4-7-17(14)13(20)15-8-11-9-21-10(2)16-11/h9H,3-8H2,1-2H3,(H,15,20)(H,18,19). The Balaban J connectivity index is 2.04. The van der Waals surface area contributed by atoms with Crippen LogP contribution in [-0.2, 0) is 11.3 Å². The van der Waals surface area contributed by atoms with Crippen molar-refractivity contribution in [1.29, 1.82) is 0 Å². The number of carboxylic acid groups (broad SMARTS) is 1. The molecule has 0 spiro atoms. The molecule has 6 nitrogen and oxygen atoms in total. The number of rotatable bonds is 5. The van der Waals surface area contributed by atoms with Crippen LogP contribution in [-0.4, -0.2) is 39.1 Å². The average Bonchev–Trinajstić information content (AvgIpc) is 3.04. The van der Waals surface area contributed by atoms with E-state index in [9.17, 15) is 14.7 Å². The molecule has 1 aliphatic rings. The van der Waals surface area contributed by atoms with Crippen LogP contribution < -0.4 is 5.32 Å². The van der Waals surface area contributed by atoms with Crippen molar-refractivity contribution in [3.05, 3.63) is 16.1 Å². The number of hydrogen-bond acceptors (Lipinski definition) is 4. The summed E-state index contributed by atoms with van der Waals surface area (Å²) >= 11 is 1.53. The molecule has 2 amide bonds. The van der Waals surface area contributed by atoms with E-state index in [1.165, 1.54) is 16.2 Å². The Labute approximate surface area is 128 Å². The van der Waals surface area contributed by atoms with Crippen LogP contribution in [0.2, 0.25) is 0 Å². The van der Waals surface area contributed by atoms with E-state index < -0.39 is 11.5 Å². The largest absolute Gasteiger partial charge is 0.479 e. The van der Waals surface area contributed by atoms with Gasteiger partial charge in [0.2, 0.25) is 0 Å². The van der Waals surface area contributed by atoms with E-state index in [0.717, 1.165) is 23.5 Å². The molecule has 1 fully saturated rings. The zero-order valence-electron chi connectivity index (χ0n) is 12.4. The van der Waals surface area contributed by atoms with Crippen molar-refractivity contribution in [3.63, 3.8) is 0 Å². The summed E-state index contributed by atoms with van der Waals surface area (Å²) in [6.45, 7) is 4.68. The lowest BCUT2D eigenvalue weighted by Gasteiger charge is -2.34. The van der Waals surface area contributed by atoms with Crippen molar-refractivity contribution >= 4 is 23.3 Å². The van der Waals surface area contributed by atoms with Crippen LogP contribution in [0.1, 0.15) is 43.3 Å². The minimum atomic E-state index is -1.04. The molecule has 0 aromatic carbocycles. The van der Waals surface area contributed by atoms with E-state index in [4.69, 9.17) is 0 Å². The number of hydrogen-bond donors (Lipinski definition) is 2. The summed E-state index contributed by atoms with van der Waals surface area (Å²) in [6.07, 6.45) is 2.49. The summed E-state index contributed by atoms with van der Waals surface area (Å²) in [4.78, 5) is 29.8. The van der Waals surface area contributed by atoms with Gasteiger partial charge in [-0.25, -0.2) is 14.6 Å². The normalized spacial score (nSPS) is 21.5. The third-order valence-corrected chi connectivity index (χ3v) is 4.71. The van der Waals surface area contributed by atoms with Gasteiger partial charge in [0.15, 0.2) is 0 Å². The van der Waals surface area contributed by atoms with Crippen molar-refractivity contribution in [2.45, 2.75) is 51.6 Å². The van der Waals surface area contributed by atoms with Crippen LogP contribution in [0.25, 0.3) is 0 Å². The number of amides is 2. The monoisotopic (exact) mass is 311 g/mol. The number of carboxylic acids is 1. The number of thiazole rings is 1. The summed E-state index contributed by atoms with van der Waals surface area (Å²) in [5.74, 6) is -0.901. The van der Waals surface area contributed by atoms with Crippen LogP contribution in [0.5, 0.6) is 0 Å². The number of nitrogens with zero attached hydrogens (tertiary/aromatic N) is 2. The fourth-order valence-corrected chi connectivity index (χ4v) is 3.54. The molecule has 0 radical (unpaired) electrons. The second-order valence-electron chi connectivity index (χ2n) is 5.36. The molecule has 1 atom stereocenters. The fraction of sp³-hybridized carbons (Fsp3) is 0.643. The smallest absolute Gasteiger partial charge is 0.329 e. The average molecular weight is 311 g/mol. The molecule has 1 aromatic rings. The van der Waals surface area contributed by atoms with Gasteiger partial charge in [0.25, 0.3) is 0 Å². The van der Waals surface area contributed by atoms with Crippen LogP contribution in [0, 0.1) is 6.92 Å². The lowest BCUT2D eigenvalue weighted by molar-refractivity contribution is -0.148. The first-order chi connectivity index (χ1) is 9.99. The summed E-state index contributed by atoms with van der Waals surface area (Å²) in [5, 5.41) is 15.2. The Morgan fingerprint density at radius 1 is 1.57 bits per heavy atom. The highest BCUT2D eigenvalue weighted by Crippen LogP contribution is 2.34. The van der Waals surface area contributed by atoms with Crippen molar-refractivity contribution in [2.24, 2.45) is 0 Å². The highest BCUT2D eigenvalue weighted by molar-refractivity contribution is 7.09. The van der Waals surface area contributed by atoms with Gasteiger partial charge in [0.1, 0.15) is 5.54 Å². The van der Waals surface area contributed by atoms with Crippen molar-refractivity contribution in [1.82, 2.24) is 15.2 Å². The molecular formula is C14H21N3O3S. The van der Waals surface area contributed by atoms with Crippen molar-refractivity contribution < 1.29 is 14.7 Å². The van der Waals surface area contributed by atoms with Gasteiger partial charge in [-0.05, 0) is 26.2 Å². The maximum absolute atomic E-state index is 12.3. The zero-order chi connectivity index (χ0) is 15.5. The minimum absolute atomic E-state index is 0.311. The topological polar surface area (TPSA) is 82.5 Å². The summed E-state index contributed by atoms with van der Waals surface area (Å²) in [5.41, 5.74) is -0.238. The number of likely N-dealkylation sites (tertiary alicyclic amines) is 1. The minimum Gasteiger partial charge on any atom is -0.479 e. The van der Waals surface area contributed by atoms with E-state index in [-0.39, 0.29) is 6.03 Å². The molecule has 0 bridgehead atoms. The summed E-state index contributed by atoms with van der Waals surface area (Å²) in [7, 11) is 0. The van der Waals surface area contributed by atoms with Crippen molar-refractivity contribution in [2.75, 3.05) is 6.54 Å². The lowest BCUT2D eigenvalue weighted by Crippen LogP contribution is -2.55. The number of carbonyl (C=O) groups excluding carboxylic acids is 1. The molecule has 1 unspecified atom stereocenters. The number of aliphatic carboxylic acids is 1. The van der Waals surface area contributed by atoms with Gasteiger partial charge in [0.05, 0.1) is 17.2 Å². The molecule has 116 valence electrons. The highest BCUT2D eigenvalue weighted by atomic mass is 32.1. The van der Waals surface area contributed by atoms with Crippen LogP contribution in [0.4, 0.5) is 4.79 Å². The van der Waals surface area contributed by atoms with Gasteiger partial charge in [-0.2, -0.15) is 0 Å². The van der Waals surface area contributed by atoms with Gasteiger partial charge in [-0.1, -0.05) is 13.3 Å². The van der Waals surface area contributed by atoms with E-state index in [2.05, 4.69) is 10.3 Å². The Bertz CT molecular complexity index is 531. The number of carbonyl (C=O) groups is 2. The first kappa shape index (κ1) is 15.8. The highest BCUT2D eigenvalue weighted by Gasteiger charge is 2.49. The van der Waals surface area contributed by atoms with E-state index >= 15 is 0 Å². The van der Waals surface area contributed by atoms with Crippen LogP contribution in [0.15, 0.2) is 5.38 Å². The quantitative estimate of drug-likeness (QED) is 0.874. The molecule has 1 aliphatic heterocycles. The molecule has 1 aromatic heterocycles. The Morgan fingerprint density at radius 3 is 2.90 bits per heavy atom. The third-order valence-electron chi connectivity index (χ3n) is 3.88. The predicted molar refractivity (Wildman–Crippen MR) is 80.3 cm³/mol. The van der Waals surface area contributed by atoms with Crippen LogP contribution in [0.3, 0.4) is 0 Å². The molecular weight excluding hydrogens is 290 g/mol. The number of nitrogens with one attached hydrogen (secondary N) is 1. The molecule has 2 rings (SSSR count). The van der Waals surface area contributed by atoms with Gasteiger partial charge in [-0.3, -0.25) is 0 Å². The molecule has 2 N–H and O–H groups in total. The van der Waals surface area contributed by atoms with E-state index in [1.807, 2.05) is 19.2 Å². The molecule has 0 saturated carbocycles. The van der Waals surface area contributed by atoms with Gasteiger partial charge in [-0.15, -0.1) is 11.3 Å². The first-order valence-electron chi connectivity index (χ1n) is 7.19. The lowest BCUT2D eigenvalue weighted by atomic mass is 9.91. The second-order valence-corrected chi connectivity index (χ2v) is 6.42. The fourth-order valence-electron chi connectivity index (χ4n) is 2.93. The molecule has 1 saturated heterocycles. The third kappa shape index (κ3) is 3.18. The van der Waals surface area contributed by atoms with Gasteiger partial charge < -0.3 is 15.3 Å². The number of urea groups is 1. The Hall–Kier alpha value is -1.63. The Kier molecular flexibility index (Phi) is 4.82.